The first-order valence-corrected chi connectivity index (χ1v) is 11.1. The van der Waals surface area contributed by atoms with Crippen LogP contribution >= 0.6 is 23.4 Å². The largest absolute Gasteiger partial charge is 0.344 e. The summed E-state index contributed by atoms with van der Waals surface area (Å²) in [5.41, 5.74) is 3.05. The number of amides is 1. The molecule has 1 amide bonds. The minimum Gasteiger partial charge on any atom is -0.344 e. The van der Waals surface area contributed by atoms with Gasteiger partial charge in [-0.3, -0.25) is 4.79 Å². The monoisotopic (exact) mass is 449 g/mol. The Bertz CT molecular complexity index is 1120. The van der Waals surface area contributed by atoms with Gasteiger partial charge in [0.1, 0.15) is 0 Å². The van der Waals surface area contributed by atoms with E-state index in [1.54, 1.807) is 4.68 Å². The van der Waals surface area contributed by atoms with Gasteiger partial charge in [-0.05, 0) is 39.2 Å². The van der Waals surface area contributed by atoms with Gasteiger partial charge >= 0.3 is 0 Å². The van der Waals surface area contributed by atoms with Gasteiger partial charge in [0.25, 0.3) is 0 Å². The van der Waals surface area contributed by atoms with E-state index in [1.165, 1.54) is 11.8 Å². The lowest BCUT2D eigenvalue weighted by Crippen LogP contribution is -2.30. The van der Waals surface area contributed by atoms with Crippen molar-refractivity contribution in [3.63, 3.8) is 0 Å². The van der Waals surface area contributed by atoms with E-state index in [4.69, 9.17) is 11.6 Å². The summed E-state index contributed by atoms with van der Waals surface area (Å²) in [5, 5.41) is 16.2. The van der Waals surface area contributed by atoms with Crippen molar-refractivity contribution in [2.45, 2.75) is 17.7 Å². The van der Waals surface area contributed by atoms with Crippen LogP contribution in [0.1, 0.15) is 22.7 Å². The van der Waals surface area contributed by atoms with Crippen LogP contribution in [0.2, 0.25) is 5.02 Å². The van der Waals surface area contributed by atoms with Gasteiger partial charge in [0.05, 0.1) is 18.3 Å². The number of hydrogen-bond acceptors (Lipinski definition) is 5. The minimum absolute atomic E-state index is 0.108. The summed E-state index contributed by atoms with van der Waals surface area (Å²) in [6.45, 7) is 0.551. The summed E-state index contributed by atoms with van der Waals surface area (Å²) in [7, 11) is 0. The predicted octanol–water partition coefficient (Wildman–Crippen LogP) is 4.37. The van der Waals surface area contributed by atoms with Crippen LogP contribution in [-0.2, 0) is 11.3 Å². The number of carbonyl (C=O) groups excluding carboxylic acids is 1. The fourth-order valence-corrected chi connectivity index (χ4v) is 3.96. The van der Waals surface area contributed by atoms with Crippen molar-refractivity contribution in [1.82, 2.24) is 25.5 Å². The van der Waals surface area contributed by atoms with E-state index >= 15 is 0 Å². The molecule has 3 aromatic carbocycles. The number of nitrogens with zero attached hydrogens (tertiary/aromatic N) is 4. The lowest BCUT2D eigenvalue weighted by molar-refractivity contribution is -0.119. The molecule has 4 rings (SSSR count). The van der Waals surface area contributed by atoms with Crippen molar-refractivity contribution in [3.8, 4) is 0 Å². The normalized spacial score (nSPS) is 11.8. The molecule has 0 aliphatic heterocycles. The van der Waals surface area contributed by atoms with Crippen LogP contribution < -0.4 is 5.32 Å². The van der Waals surface area contributed by atoms with Crippen LogP contribution in [-0.4, -0.2) is 31.9 Å². The third-order valence-corrected chi connectivity index (χ3v) is 5.86. The van der Waals surface area contributed by atoms with Gasteiger partial charge in [0.2, 0.25) is 11.1 Å². The molecule has 0 radical (unpaired) electrons. The summed E-state index contributed by atoms with van der Waals surface area (Å²) in [5.74, 6) is 0.0922. The average molecular weight is 450 g/mol. The highest BCUT2D eigenvalue weighted by atomic mass is 35.5. The molecule has 8 heteroatoms. The second-order valence-electron chi connectivity index (χ2n) is 6.86. The number of benzene rings is 3. The van der Waals surface area contributed by atoms with Crippen molar-refractivity contribution < 1.29 is 4.79 Å². The Morgan fingerprint density at radius 2 is 1.58 bits per heavy atom. The molecule has 0 bridgehead atoms. The van der Waals surface area contributed by atoms with Gasteiger partial charge in [-0.1, -0.05) is 96.2 Å². The van der Waals surface area contributed by atoms with Crippen LogP contribution in [0.5, 0.6) is 0 Å². The molecule has 0 saturated heterocycles. The molecule has 4 aromatic rings. The number of halogens is 1. The molecule has 0 aliphatic carbocycles. The Morgan fingerprint density at radius 3 is 2.29 bits per heavy atom. The Kier molecular flexibility index (Phi) is 6.96. The molecule has 156 valence electrons. The number of carbonyl (C=O) groups is 1. The van der Waals surface area contributed by atoms with Gasteiger partial charge in [-0.25, -0.2) is 4.68 Å². The second-order valence-corrected chi connectivity index (χ2v) is 8.24. The van der Waals surface area contributed by atoms with Crippen LogP contribution in [0, 0.1) is 0 Å². The van der Waals surface area contributed by atoms with Crippen LogP contribution in [0.25, 0.3) is 0 Å². The summed E-state index contributed by atoms with van der Waals surface area (Å²) in [6, 6.07) is 27.0. The number of aromatic nitrogens is 4. The molecule has 6 nitrogen and oxygen atoms in total. The quantitative estimate of drug-likeness (QED) is 0.404. The number of thioether (sulfide) groups is 1. The van der Waals surface area contributed by atoms with Crippen LogP contribution in [0.3, 0.4) is 0 Å². The topological polar surface area (TPSA) is 72.7 Å². The highest BCUT2D eigenvalue weighted by molar-refractivity contribution is 7.99. The fraction of sp³-hybridized carbons (Fsp3) is 0.130. The van der Waals surface area contributed by atoms with Gasteiger partial charge in [0, 0.05) is 5.02 Å². The van der Waals surface area contributed by atoms with Crippen molar-refractivity contribution >= 4 is 29.3 Å². The summed E-state index contributed by atoms with van der Waals surface area (Å²) in [6.07, 6.45) is 0. The molecular formula is C23H20ClN5OS. The van der Waals surface area contributed by atoms with Crippen molar-refractivity contribution in [2.75, 3.05) is 5.75 Å². The van der Waals surface area contributed by atoms with E-state index in [1.807, 2.05) is 84.9 Å². The molecular weight excluding hydrogens is 430 g/mol. The van der Waals surface area contributed by atoms with E-state index in [-0.39, 0.29) is 17.7 Å². The maximum absolute atomic E-state index is 12.8. The molecule has 1 aromatic heterocycles. The molecule has 31 heavy (non-hydrogen) atoms. The van der Waals surface area contributed by atoms with Crippen molar-refractivity contribution in [1.29, 1.82) is 0 Å². The third kappa shape index (κ3) is 5.71. The lowest BCUT2D eigenvalue weighted by Gasteiger charge is -2.20. The molecule has 1 atom stereocenters. The lowest BCUT2D eigenvalue weighted by atomic mass is 9.99. The Morgan fingerprint density at radius 1 is 0.935 bits per heavy atom. The minimum atomic E-state index is -0.271. The zero-order valence-electron chi connectivity index (χ0n) is 16.6. The fourth-order valence-electron chi connectivity index (χ4n) is 3.15. The van der Waals surface area contributed by atoms with Gasteiger partial charge in [-0.15, -0.1) is 5.10 Å². The molecule has 0 spiro atoms. The molecule has 0 aliphatic rings. The van der Waals surface area contributed by atoms with Crippen LogP contribution in [0.15, 0.2) is 90.1 Å². The van der Waals surface area contributed by atoms with Crippen molar-refractivity contribution in [2.24, 2.45) is 0 Å². The van der Waals surface area contributed by atoms with E-state index in [0.717, 1.165) is 16.7 Å². The zero-order valence-corrected chi connectivity index (χ0v) is 18.1. The third-order valence-electron chi connectivity index (χ3n) is 4.65. The summed E-state index contributed by atoms with van der Waals surface area (Å²) in [4.78, 5) is 12.8. The number of rotatable bonds is 8. The van der Waals surface area contributed by atoms with Gasteiger partial charge in [0.15, 0.2) is 0 Å². The number of nitrogens with one attached hydrogen (secondary N) is 1. The van der Waals surface area contributed by atoms with E-state index in [0.29, 0.717) is 16.7 Å². The maximum Gasteiger partial charge on any atom is 0.231 e. The highest BCUT2D eigenvalue weighted by Gasteiger charge is 2.18. The first-order chi connectivity index (χ1) is 15.2. The van der Waals surface area contributed by atoms with Crippen molar-refractivity contribution in [3.05, 3.63) is 107 Å². The number of tetrazole rings is 1. The van der Waals surface area contributed by atoms with Gasteiger partial charge < -0.3 is 5.32 Å². The molecule has 0 saturated carbocycles. The van der Waals surface area contributed by atoms with Crippen LogP contribution in [0.4, 0.5) is 0 Å². The Balaban J connectivity index is 1.43. The van der Waals surface area contributed by atoms with Gasteiger partial charge in [-0.2, -0.15) is 0 Å². The van der Waals surface area contributed by atoms with E-state index in [9.17, 15) is 4.79 Å². The average Bonchev–Trinajstić information content (AvgIpc) is 3.25. The molecule has 1 heterocycles. The SMILES string of the molecule is O=C(CSc1nnnn1Cc1ccccc1)N[C@@H](c1ccccc1)c1ccc(Cl)cc1. The summed E-state index contributed by atoms with van der Waals surface area (Å²) < 4.78 is 1.70. The highest BCUT2D eigenvalue weighted by Crippen LogP contribution is 2.24. The van der Waals surface area contributed by atoms with E-state index in [2.05, 4.69) is 20.8 Å². The molecule has 0 fully saturated rings. The Hall–Kier alpha value is -3.16. The smallest absolute Gasteiger partial charge is 0.231 e. The second kappa shape index (κ2) is 10.2. The first-order valence-electron chi connectivity index (χ1n) is 9.72. The predicted molar refractivity (Wildman–Crippen MR) is 122 cm³/mol. The Labute approximate surface area is 189 Å². The number of hydrogen-bond donors (Lipinski definition) is 1. The maximum atomic E-state index is 12.8. The first kappa shape index (κ1) is 21.1. The molecule has 1 N–H and O–H groups in total. The standard InChI is InChI=1S/C23H20ClN5OS/c24-20-13-11-19(12-14-20)22(18-9-5-2-6-10-18)25-21(30)16-31-23-26-27-28-29(23)15-17-7-3-1-4-8-17/h1-14,22H,15-16H2,(H,25,30)/t22-/m0/s1. The van der Waals surface area contributed by atoms with E-state index < -0.39 is 0 Å². The zero-order chi connectivity index (χ0) is 21.5. The summed E-state index contributed by atoms with van der Waals surface area (Å²) >= 11 is 7.35. The molecule has 0 unspecified atom stereocenters.